The fraction of sp³-hybridized carbons (Fsp3) is 0.100. The molecule has 0 radical (unpaired) electrons. The second kappa shape index (κ2) is 9.67. The van der Waals surface area contributed by atoms with Crippen molar-refractivity contribution in [1.29, 1.82) is 0 Å². The molecule has 1 aromatic heterocycles. The van der Waals surface area contributed by atoms with Gasteiger partial charge in [-0.05, 0) is 24.3 Å². The minimum atomic E-state index is -0.624. The number of non-ortho nitro benzene ring substituents is 1. The number of carbonyl (C=O) groups excluding carboxylic acids is 2. The molecule has 2 N–H and O–H groups in total. The maximum atomic E-state index is 12.7. The van der Waals surface area contributed by atoms with Crippen molar-refractivity contribution in [3.8, 4) is 0 Å². The highest BCUT2D eigenvalue weighted by Gasteiger charge is 2.14. The average molecular weight is 439 g/mol. The van der Waals surface area contributed by atoms with Crippen molar-refractivity contribution in [3.63, 3.8) is 0 Å². The van der Waals surface area contributed by atoms with Gasteiger partial charge in [-0.3, -0.25) is 39.9 Å². The zero-order chi connectivity index (χ0) is 22.4. The Kier molecular flexibility index (Phi) is 6.78. The minimum Gasteiger partial charge on any atom is -0.283 e. The van der Waals surface area contributed by atoms with Crippen LogP contribution in [-0.2, 0) is 11.3 Å². The highest BCUT2D eigenvalue weighted by Crippen LogP contribution is 2.17. The highest BCUT2D eigenvalue weighted by atomic mass is 32.2. The topological polar surface area (TPSA) is 136 Å². The Labute approximate surface area is 180 Å². The van der Waals surface area contributed by atoms with E-state index in [0.29, 0.717) is 16.1 Å². The molecular weight excluding hydrogens is 422 g/mol. The number of amides is 2. The van der Waals surface area contributed by atoms with Crippen molar-refractivity contribution in [2.45, 2.75) is 11.7 Å². The molecule has 1 heterocycles. The third-order valence-corrected chi connectivity index (χ3v) is 5.10. The van der Waals surface area contributed by atoms with Crippen LogP contribution >= 0.6 is 11.8 Å². The number of para-hydroxylation sites is 1. The number of allylic oxidation sites excluding steroid dienone is 1. The van der Waals surface area contributed by atoms with Gasteiger partial charge in [-0.1, -0.05) is 30.0 Å². The predicted molar refractivity (Wildman–Crippen MR) is 116 cm³/mol. The lowest BCUT2D eigenvalue weighted by molar-refractivity contribution is -0.384. The van der Waals surface area contributed by atoms with Gasteiger partial charge in [-0.2, -0.15) is 0 Å². The minimum absolute atomic E-state index is 0.109. The molecule has 0 saturated heterocycles. The van der Waals surface area contributed by atoms with E-state index in [1.807, 2.05) is 0 Å². The Bertz CT molecular complexity index is 1220. The predicted octanol–water partition coefficient (Wildman–Crippen LogP) is 2.04. The van der Waals surface area contributed by atoms with Crippen molar-refractivity contribution >= 4 is 40.2 Å². The van der Waals surface area contributed by atoms with Gasteiger partial charge in [-0.15, -0.1) is 6.58 Å². The molecule has 0 aliphatic carbocycles. The number of fused-ring (bicyclic) bond motifs is 1. The monoisotopic (exact) mass is 439 g/mol. The van der Waals surface area contributed by atoms with Crippen molar-refractivity contribution in [2.24, 2.45) is 0 Å². The summed E-state index contributed by atoms with van der Waals surface area (Å²) < 4.78 is 1.42. The number of nitrogens with one attached hydrogen (secondary N) is 2. The van der Waals surface area contributed by atoms with E-state index in [9.17, 15) is 24.5 Å². The number of nitrogens with zero attached hydrogens (tertiary/aromatic N) is 3. The highest BCUT2D eigenvalue weighted by molar-refractivity contribution is 7.99. The molecule has 2 aromatic carbocycles. The zero-order valence-corrected chi connectivity index (χ0v) is 16.9. The number of thioether (sulfide) groups is 1. The van der Waals surface area contributed by atoms with E-state index in [0.717, 1.165) is 11.8 Å². The molecule has 3 rings (SSSR count). The van der Waals surface area contributed by atoms with Crippen LogP contribution in [0.15, 0.2) is 71.1 Å². The van der Waals surface area contributed by atoms with Crippen LogP contribution in [0, 0.1) is 10.1 Å². The first-order valence-corrected chi connectivity index (χ1v) is 9.96. The van der Waals surface area contributed by atoms with Gasteiger partial charge in [0.05, 0.1) is 21.6 Å². The van der Waals surface area contributed by atoms with E-state index in [-0.39, 0.29) is 29.1 Å². The molecule has 0 aliphatic rings. The molecule has 0 unspecified atom stereocenters. The standard InChI is InChI=1S/C20H17N5O5S/c1-2-11-24-19(28)15-5-3-4-6-16(15)21-20(24)31-12-17(26)22-23-18(27)13-7-9-14(10-8-13)25(29)30/h2-10H,1,11-12H2,(H,22,26)(H,23,27). The maximum absolute atomic E-state index is 12.7. The smallest absolute Gasteiger partial charge is 0.269 e. The zero-order valence-electron chi connectivity index (χ0n) is 16.1. The Balaban J connectivity index is 1.64. The van der Waals surface area contributed by atoms with Crippen molar-refractivity contribution in [3.05, 3.63) is 87.2 Å². The van der Waals surface area contributed by atoms with Gasteiger partial charge < -0.3 is 0 Å². The first-order chi connectivity index (χ1) is 14.9. The molecule has 3 aromatic rings. The van der Waals surface area contributed by atoms with Gasteiger partial charge in [0, 0.05) is 24.2 Å². The molecule has 0 bridgehead atoms. The van der Waals surface area contributed by atoms with Gasteiger partial charge >= 0.3 is 0 Å². The molecule has 0 fully saturated rings. The Morgan fingerprint density at radius 2 is 1.87 bits per heavy atom. The second-order valence-electron chi connectivity index (χ2n) is 6.21. The van der Waals surface area contributed by atoms with Crippen LogP contribution in [0.1, 0.15) is 10.4 Å². The lowest BCUT2D eigenvalue weighted by Crippen LogP contribution is -2.42. The Morgan fingerprint density at radius 1 is 1.16 bits per heavy atom. The van der Waals surface area contributed by atoms with E-state index in [1.165, 1.54) is 28.8 Å². The quantitative estimate of drug-likeness (QED) is 0.189. The van der Waals surface area contributed by atoms with Gasteiger partial charge in [0.15, 0.2) is 5.16 Å². The van der Waals surface area contributed by atoms with Crippen LogP contribution in [0.5, 0.6) is 0 Å². The SMILES string of the molecule is C=CCn1c(SCC(=O)NNC(=O)c2ccc([N+](=O)[O-])cc2)nc2ccccc2c1=O. The summed E-state index contributed by atoms with van der Waals surface area (Å²) in [4.78, 5) is 51.4. The number of carbonyl (C=O) groups is 2. The van der Waals surface area contributed by atoms with Gasteiger partial charge in [0.25, 0.3) is 17.2 Å². The van der Waals surface area contributed by atoms with Gasteiger partial charge in [0.1, 0.15) is 0 Å². The second-order valence-corrected chi connectivity index (χ2v) is 7.15. The number of hydrogen-bond acceptors (Lipinski definition) is 7. The molecule has 0 spiro atoms. The number of nitro groups is 1. The number of benzene rings is 2. The first kappa shape index (κ1) is 21.7. The fourth-order valence-electron chi connectivity index (χ4n) is 2.65. The molecular formula is C20H17N5O5S. The summed E-state index contributed by atoms with van der Waals surface area (Å²) in [7, 11) is 0. The number of nitro benzene ring substituents is 1. The van der Waals surface area contributed by atoms with Gasteiger partial charge in [0.2, 0.25) is 5.91 Å². The summed E-state index contributed by atoms with van der Waals surface area (Å²) in [5.41, 5.74) is 4.78. The van der Waals surface area contributed by atoms with Crippen LogP contribution < -0.4 is 16.4 Å². The van der Waals surface area contributed by atoms with Crippen LogP contribution in [0.3, 0.4) is 0 Å². The number of hydrogen-bond donors (Lipinski definition) is 2. The molecule has 2 amide bonds. The normalized spacial score (nSPS) is 10.5. The lowest BCUT2D eigenvalue weighted by Gasteiger charge is -2.11. The van der Waals surface area contributed by atoms with Gasteiger partial charge in [-0.25, -0.2) is 4.98 Å². The molecule has 11 heteroatoms. The summed E-state index contributed by atoms with van der Waals surface area (Å²) in [6.07, 6.45) is 1.56. The van der Waals surface area contributed by atoms with Crippen LogP contribution in [-0.4, -0.2) is 32.0 Å². The summed E-state index contributed by atoms with van der Waals surface area (Å²) in [5.74, 6) is -1.25. The van der Waals surface area contributed by atoms with Crippen molar-refractivity contribution in [1.82, 2.24) is 20.4 Å². The third kappa shape index (κ3) is 5.14. The molecule has 158 valence electrons. The molecule has 0 saturated carbocycles. The fourth-order valence-corrected chi connectivity index (χ4v) is 3.46. The first-order valence-electron chi connectivity index (χ1n) is 8.97. The molecule has 0 atom stereocenters. The molecule has 0 aliphatic heterocycles. The summed E-state index contributed by atoms with van der Waals surface area (Å²) >= 11 is 1.04. The van der Waals surface area contributed by atoms with Crippen LogP contribution in [0.4, 0.5) is 5.69 Å². The molecule has 31 heavy (non-hydrogen) atoms. The number of rotatable bonds is 7. The van der Waals surface area contributed by atoms with E-state index < -0.39 is 16.7 Å². The van der Waals surface area contributed by atoms with Crippen molar-refractivity contribution in [2.75, 3.05) is 5.75 Å². The summed E-state index contributed by atoms with van der Waals surface area (Å²) in [6, 6.07) is 11.8. The Morgan fingerprint density at radius 3 is 2.55 bits per heavy atom. The largest absolute Gasteiger partial charge is 0.283 e. The molecule has 10 nitrogen and oxygen atoms in total. The number of aromatic nitrogens is 2. The van der Waals surface area contributed by atoms with Crippen LogP contribution in [0.25, 0.3) is 10.9 Å². The van der Waals surface area contributed by atoms with E-state index in [2.05, 4.69) is 22.4 Å². The number of hydrazine groups is 1. The lowest BCUT2D eigenvalue weighted by atomic mass is 10.2. The maximum Gasteiger partial charge on any atom is 0.269 e. The van der Waals surface area contributed by atoms with E-state index in [4.69, 9.17) is 0 Å². The Hall–Kier alpha value is -3.99. The van der Waals surface area contributed by atoms with Crippen LogP contribution in [0.2, 0.25) is 0 Å². The average Bonchev–Trinajstić information content (AvgIpc) is 2.78. The summed E-state index contributed by atoms with van der Waals surface area (Å²) in [6.45, 7) is 3.88. The van der Waals surface area contributed by atoms with E-state index >= 15 is 0 Å². The summed E-state index contributed by atoms with van der Waals surface area (Å²) in [5, 5.41) is 11.5. The third-order valence-electron chi connectivity index (χ3n) is 4.13. The van der Waals surface area contributed by atoms with E-state index in [1.54, 1.807) is 30.3 Å². The van der Waals surface area contributed by atoms with Crippen molar-refractivity contribution < 1.29 is 14.5 Å².